The van der Waals surface area contributed by atoms with E-state index in [-0.39, 0.29) is 11.3 Å². The Morgan fingerprint density at radius 3 is 2.61 bits per heavy atom. The Bertz CT molecular complexity index is 984. The number of rotatable bonds is 6. The van der Waals surface area contributed by atoms with E-state index in [9.17, 15) is 18.0 Å². The highest BCUT2D eigenvalue weighted by atomic mass is 32.2. The molecule has 0 saturated carbocycles. The number of likely N-dealkylation sites (tertiary alicyclic amines) is 1. The lowest BCUT2D eigenvalue weighted by Crippen LogP contribution is -2.50. The molecule has 1 saturated heterocycles. The molecular formula is C18H23N5O4S. The monoisotopic (exact) mass is 405 g/mol. The minimum absolute atomic E-state index is 0.0528. The summed E-state index contributed by atoms with van der Waals surface area (Å²) in [6.07, 6.45) is 3.80. The number of hydrogen-bond donors (Lipinski definition) is 2. The third-order valence-electron chi connectivity index (χ3n) is 4.82. The van der Waals surface area contributed by atoms with Crippen LogP contribution in [0.4, 0.5) is 0 Å². The molecule has 3 rings (SSSR count). The van der Waals surface area contributed by atoms with Gasteiger partial charge in [-0.15, -0.1) is 0 Å². The molecule has 4 N–H and O–H groups in total. The summed E-state index contributed by atoms with van der Waals surface area (Å²) in [6.45, 7) is 2.30. The molecular weight excluding hydrogens is 382 g/mol. The number of nitrogens with zero attached hydrogens (tertiary/aromatic N) is 3. The number of primary amides is 1. The number of benzene rings is 1. The number of hydrogen-bond acceptors (Lipinski definition) is 6. The van der Waals surface area contributed by atoms with Gasteiger partial charge in [-0.25, -0.2) is 17.4 Å². The molecule has 2 amide bonds. The summed E-state index contributed by atoms with van der Waals surface area (Å²) >= 11 is 0. The highest BCUT2D eigenvalue weighted by Crippen LogP contribution is 2.19. The van der Waals surface area contributed by atoms with Gasteiger partial charge in [0.15, 0.2) is 0 Å². The molecule has 2 aromatic rings. The number of nitrogens with two attached hydrogens (primary N) is 2. The van der Waals surface area contributed by atoms with E-state index >= 15 is 0 Å². The molecule has 0 radical (unpaired) electrons. The van der Waals surface area contributed by atoms with Gasteiger partial charge in [-0.3, -0.25) is 9.59 Å². The van der Waals surface area contributed by atoms with Crippen molar-refractivity contribution >= 4 is 21.8 Å². The first-order chi connectivity index (χ1) is 13.2. The van der Waals surface area contributed by atoms with E-state index in [0.717, 1.165) is 9.54 Å². The molecule has 2 unspecified atom stereocenters. The summed E-state index contributed by atoms with van der Waals surface area (Å²) in [5.41, 5.74) is 12.7. The topological polar surface area (TPSA) is 141 Å². The van der Waals surface area contributed by atoms with Crippen molar-refractivity contribution in [2.75, 3.05) is 6.54 Å². The molecule has 0 spiro atoms. The smallest absolute Gasteiger partial charge is 0.268 e. The van der Waals surface area contributed by atoms with Crippen molar-refractivity contribution < 1.29 is 18.0 Å². The average molecular weight is 405 g/mol. The molecule has 1 aromatic heterocycles. The standard InChI is InChI=1S/C18H23N5O4S/c1-12-4-6-14(7-5-12)28(26,27)22-10-13(21-11-22)9-15(19)18(25)23-8-2-3-16(23)17(20)24/h4-7,10-11,15-16H,2-3,8-9,19H2,1H3,(H2,20,24). The van der Waals surface area contributed by atoms with E-state index in [0.29, 0.717) is 25.1 Å². The number of aromatic nitrogens is 2. The number of carbonyl (C=O) groups excluding carboxylic acids is 2. The first-order valence-corrected chi connectivity index (χ1v) is 10.3. The van der Waals surface area contributed by atoms with Crippen molar-refractivity contribution in [3.8, 4) is 0 Å². The lowest BCUT2D eigenvalue weighted by molar-refractivity contribution is -0.138. The van der Waals surface area contributed by atoms with E-state index in [2.05, 4.69) is 4.98 Å². The number of imidazole rings is 1. The number of aryl methyl sites for hydroxylation is 1. The second-order valence-electron chi connectivity index (χ2n) is 6.92. The van der Waals surface area contributed by atoms with Gasteiger partial charge in [0, 0.05) is 19.2 Å². The fourth-order valence-electron chi connectivity index (χ4n) is 3.27. The number of carbonyl (C=O) groups is 2. The van der Waals surface area contributed by atoms with Crippen LogP contribution in [0.25, 0.3) is 0 Å². The maximum atomic E-state index is 12.7. The van der Waals surface area contributed by atoms with E-state index in [4.69, 9.17) is 11.5 Å². The van der Waals surface area contributed by atoms with Crippen molar-refractivity contribution in [3.63, 3.8) is 0 Å². The quantitative estimate of drug-likeness (QED) is 0.680. The molecule has 0 aliphatic carbocycles. The van der Waals surface area contributed by atoms with Crippen molar-refractivity contribution in [1.82, 2.24) is 13.9 Å². The third kappa shape index (κ3) is 3.92. The first kappa shape index (κ1) is 20.0. The van der Waals surface area contributed by atoms with Crippen molar-refractivity contribution in [1.29, 1.82) is 0 Å². The lowest BCUT2D eigenvalue weighted by atomic mass is 10.1. The summed E-state index contributed by atoms with van der Waals surface area (Å²) in [5.74, 6) is -0.941. The zero-order valence-corrected chi connectivity index (χ0v) is 16.3. The van der Waals surface area contributed by atoms with Crippen molar-refractivity contribution in [2.24, 2.45) is 11.5 Å². The summed E-state index contributed by atoms with van der Waals surface area (Å²) in [7, 11) is -3.77. The van der Waals surface area contributed by atoms with Gasteiger partial charge >= 0.3 is 0 Å². The van der Waals surface area contributed by atoms with E-state index in [1.807, 2.05) is 6.92 Å². The van der Waals surface area contributed by atoms with E-state index in [1.165, 1.54) is 29.6 Å². The summed E-state index contributed by atoms with van der Waals surface area (Å²) in [5, 5.41) is 0. The molecule has 9 nitrogen and oxygen atoms in total. The second kappa shape index (κ2) is 7.72. The Hall–Kier alpha value is -2.72. The molecule has 10 heteroatoms. The summed E-state index contributed by atoms with van der Waals surface area (Å²) in [6, 6.07) is 4.89. The van der Waals surface area contributed by atoms with Gasteiger partial charge < -0.3 is 16.4 Å². The molecule has 28 heavy (non-hydrogen) atoms. The number of amides is 2. The van der Waals surface area contributed by atoms with Gasteiger partial charge in [0.25, 0.3) is 10.0 Å². The van der Waals surface area contributed by atoms with E-state index < -0.39 is 33.9 Å². The molecule has 1 aliphatic rings. The lowest BCUT2D eigenvalue weighted by Gasteiger charge is -2.25. The van der Waals surface area contributed by atoms with Gasteiger partial charge in [0.2, 0.25) is 11.8 Å². The van der Waals surface area contributed by atoms with E-state index in [1.54, 1.807) is 12.1 Å². The van der Waals surface area contributed by atoms with Crippen LogP contribution in [0.1, 0.15) is 24.1 Å². The summed E-state index contributed by atoms with van der Waals surface area (Å²) < 4.78 is 26.3. The Morgan fingerprint density at radius 1 is 1.29 bits per heavy atom. The molecule has 150 valence electrons. The van der Waals surface area contributed by atoms with Crippen LogP contribution in [0.15, 0.2) is 41.7 Å². The predicted octanol–water partition coefficient (Wildman–Crippen LogP) is -0.225. The maximum absolute atomic E-state index is 12.7. The fraction of sp³-hybridized carbons (Fsp3) is 0.389. The first-order valence-electron chi connectivity index (χ1n) is 8.90. The molecule has 2 heterocycles. The van der Waals surface area contributed by atoms with Crippen molar-refractivity contribution in [2.45, 2.75) is 43.2 Å². The predicted molar refractivity (Wildman–Crippen MR) is 102 cm³/mol. The average Bonchev–Trinajstić information content (AvgIpc) is 3.31. The zero-order chi connectivity index (χ0) is 20.5. The minimum atomic E-state index is -3.77. The van der Waals surface area contributed by atoms with Crippen LogP contribution < -0.4 is 11.5 Å². The van der Waals surface area contributed by atoms with Crippen LogP contribution in [-0.4, -0.2) is 52.7 Å². The Balaban J connectivity index is 1.73. The molecule has 1 aromatic carbocycles. The van der Waals surface area contributed by atoms with Gasteiger partial charge in [0.1, 0.15) is 12.4 Å². The Morgan fingerprint density at radius 2 is 1.96 bits per heavy atom. The highest BCUT2D eigenvalue weighted by molar-refractivity contribution is 7.90. The molecule has 0 bridgehead atoms. The SMILES string of the molecule is Cc1ccc(S(=O)(=O)n2cnc(CC(N)C(=O)N3CCCC3C(N)=O)c2)cc1. The Labute approximate surface area is 163 Å². The van der Waals surface area contributed by atoms with Crippen LogP contribution >= 0.6 is 0 Å². The van der Waals surface area contributed by atoms with Gasteiger partial charge in [-0.1, -0.05) is 17.7 Å². The minimum Gasteiger partial charge on any atom is -0.368 e. The third-order valence-corrected chi connectivity index (χ3v) is 6.44. The fourth-order valence-corrected chi connectivity index (χ4v) is 4.42. The van der Waals surface area contributed by atoms with Crippen LogP contribution in [0.5, 0.6) is 0 Å². The van der Waals surface area contributed by atoms with Crippen LogP contribution in [-0.2, 0) is 26.0 Å². The molecule has 2 atom stereocenters. The van der Waals surface area contributed by atoms with Crippen molar-refractivity contribution in [3.05, 3.63) is 48.0 Å². The Kier molecular flexibility index (Phi) is 5.52. The highest BCUT2D eigenvalue weighted by Gasteiger charge is 2.35. The normalized spacial score (nSPS) is 18.2. The molecule has 1 fully saturated rings. The largest absolute Gasteiger partial charge is 0.368 e. The second-order valence-corrected chi connectivity index (χ2v) is 8.76. The van der Waals surface area contributed by atoms with Crippen LogP contribution in [0.3, 0.4) is 0 Å². The van der Waals surface area contributed by atoms with Crippen LogP contribution in [0.2, 0.25) is 0 Å². The van der Waals surface area contributed by atoms with Gasteiger partial charge in [-0.05, 0) is 31.9 Å². The zero-order valence-electron chi connectivity index (χ0n) is 15.5. The van der Waals surface area contributed by atoms with Gasteiger partial charge in [-0.2, -0.15) is 0 Å². The van der Waals surface area contributed by atoms with Crippen LogP contribution in [0, 0.1) is 6.92 Å². The van der Waals surface area contributed by atoms with Gasteiger partial charge in [0.05, 0.1) is 16.6 Å². The molecule has 1 aliphatic heterocycles. The summed E-state index contributed by atoms with van der Waals surface area (Å²) in [4.78, 5) is 29.6. The maximum Gasteiger partial charge on any atom is 0.268 e.